The fourth-order valence-corrected chi connectivity index (χ4v) is 2.31. The van der Waals surface area contributed by atoms with Crippen molar-refractivity contribution >= 4 is 6.03 Å². The van der Waals surface area contributed by atoms with Crippen molar-refractivity contribution in [3.63, 3.8) is 0 Å². The SMILES string of the molecule is CCNC(=O)NC(C)COC1CCC(/C=C\F)CC1. The van der Waals surface area contributed by atoms with Crippen molar-refractivity contribution < 1.29 is 13.9 Å². The minimum atomic E-state index is -0.157. The van der Waals surface area contributed by atoms with Crippen LogP contribution in [0.3, 0.4) is 0 Å². The molecule has 0 radical (unpaired) electrons. The number of hydrogen-bond acceptors (Lipinski definition) is 2. The van der Waals surface area contributed by atoms with Gasteiger partial charge >= 0.3 is 6.03 Å². The Kier molecular flexibility index (Phi) is 7.48. The van der Waals surface area contributed by atoms with Crippen molar-refractivity contribution in [3.8, 4) is 0 Å². The van der Waals surface area contributed by atoms with Crippen LogP contribution in [-0.4, -0.2) is 31.3 Å². The second-order valence-corrected chi connectivity index (χ2v) is 5.09. The number of carbonyl (C=O) groups is 1. The summed E-state index contributed by atoms with van der Waals surface area (Å²) in [6.45, 7) is 4.94. The van der Waals surface area contributed by atoms with Crippen LogP contribution in [0.25, 0.3) is 0 Å². The maximum Gasteiger partial charge on any atom is 0.315 e. The summed E-state index contributed by atoms with van der Waals surface area (Å²) in [7, 11) is 0. The molecule has 0 aromatic carbocycles. The van der Waals surface area contributed by atoms with Gasteiger partial charge in [-0.1, -0.05) is 6.08 Å². The largest absolute Gasteiger partial charge is 0.376 e. The van der Waals surface area contributed by atoms with Crippen LogP contribution < -0.4 is 10.6 Å². The van der Waals surface area contributed by atoms with Crippen molar-refractivity contribution in [2.75, 3.05) is 13.2 Å². The average molecular weight is 272 g/mol. The molecule has 1 unspecified atom stereocenters. The van der Waals surface area contributed by atoms with Gasteiger partial charge in [0.2, 0.25) is 0 Å². The molecular weight excluding hydrogens is 247 g/mol. The minimum absolute atomic E-state index is 0.00462. The molecule has 2 amide bonds. The van der Waals surface area contributed by atoms with E-state index in [0.717, 1.165) is 25.7 Å². The van der Waals surface area contributed by atoms with Gasteiger partial charge in [-0.3, -0.25) is 0 Å². The Balaban J connectivity index is 2.14. The Labute approximate surface area is 114 Å². The van der Waals surface area contributed by atoms with E-state index in [9.17, 15) is 9.18 Å². The van der Waals surface area contributed by atoms with E-state index in [-0.39, 0.29) is 18.2 Å². The lowest BCUT2D eigenvalue weighted by Crippen LogP contribution is -2.43. The summed E-state index contributed by atoms with van der Waals surface area (Å²) in [6, 6.07) is -0.162. The van der Waals surface area contributed by atoms with E-state index >= 15 is 0 Å². The molecule has 0 aliphatic heterocycles. The fraction of sp³-hybridized carbons (Fsp3) is 0.786. The molecule has 2 N–H and O–H groups in total. The Bertz CT molecular complexity index is 289. The second-order valence-electron chi connectivity index (χ2n) is 5.09. The van der Waals surface area contributed by atoms with Crippen LogP contribution in [-0.2, 0) is 4.74 Å². The van der Waals surface area contributed by atoms with Crippen molar-refractivity contribution in [2.24, 2.45) is 5.92 Å². The highest BCUT2D eigenvalue weighted by molar-refractivity contribution is 5.74. The zero-order valence-corrected chi connectivity index (χ0v) is 11.8. The summed E-state index contributed by atoms with van der Waals surface area (Å²) in [5.41, 5.74) is 0. The van der Waals surface area contributed by atoms with Crippen molar-refractivity contribution in [1.29, 1.82) is 0 Å². The van der Waals surface area contributed by atoms with Crippen LogP contribution in [0, 0.1) is 5.92 Å². The predicted molar refractivity (Wildman–Crippen MR) is 73.6 cm³/mol. The highest BCUT2D eigenvalue weighted by Gasteiger charge is 2.20. The lowest BCUT2D eigenvalue weighted by atomic mass is 9.87. The molecule has 110 valence electrons. The Morgan fingerprint density at radius 3 is 2.68 bits per heavy atom. The first-order chi connectivity index (χ1) is 9.15. The number of carbonyl (C=O) groups excluding carboxylic acids is 1. The first kappa shape index (κ1) is 16.0. The van der Waals surface area contributed by atoms with Crippen molar-refractivity contribution in [2.45, 2.75) is 51.7 Å². The molecule has 1 atom stereocenters. The van der Waals surface area contributed by atoms with Gasteiger partial charge in [-0.25, -0.2) is 9.18 Å². The first-order valence-corrected chi connectivity index (χ1v) is 7.08. The molecule has 1 saturated carbocycles. The zero-order valence-electron chi connectivity index (χ0n) is 11.8. The summed E-state index contributed by atoms with van der Waals surface area (Å²) in [5, 5.41) is 5.50. The third-order valence-corrected chi connectivity index (χ3v) is 3.36. The fourth-order valence-electron chi connectivity index (χ4n) is 2.31. The molecule has 0 aromatic heterocycles. The Morgan fingerprint density at radius 1 is 1.42 bits per heavy atom. The second kappa shape index (κ2) is 8.91. The number of nitrogens with one attached hydrogen (secondary N) is 2. The number of amides is 2. The van der Waals surface area contributed by atoms with E-state index in [1.807, 2.05) is 13.8 Å². The molecule has 0 aromatic rings. The van der Waals surface area contributed by atoms with Gasteiger partial charge in [0.05, 0.1) is 25.1 Å². The predicted octanol–water partition coefficient (Wildman–Crippen LogP) is 2.75. The number of allylic oxidation sites excluding steroid dienone is 1. The maximum atomic E-state index is 12.1. The summed E-state index contributed by atoms with van der Waals surface area (Å²) in [6.07, 6.45) is 6.39. The molecule has 1 aliphatic carbocycles. The number of rotatable bonds is 6. The van der Waals surface area contributed by atoms with Crippen molar-refractivity contribution in [3.05, 3.63) is 12.4 Å². The van der Waals surface area contributed by atoms with Gasteiger partial charge in [0, 0.05) is 6.54 Å². The van der Waals surface area contributed by atoms with E-state index in [2.05, 4.69) is 10.6 Å². The van der Waals surface area contributed by atoms with Gasteiger partial charge in [0.15, 0.2) is 0 Å². The lowest BCUT2D eigenvalue weighted by molar-refractivity contribution is 0.0139. The van der Waals surface area contributed by atoms with Gasteiger partial charge in [0.25, 0.3) is 0 Å². The number of halogens is 1. The smallest absolute Gasteiger partial charge is 0.315 e. The molecule has 19 heavy (non-hydrogen) atoms. The number of ether oxygens (including phenoxy) is 1. The van der Waals surface area contributed by atoms with Crippen LogP contribution in [0.4, 0.5) is 9.18 Å². The normalized spacial score (nSPS) is 25.2. The third-order valence-electron chi connectivity index (χ3n) is 3.36. The van der Waals surface area contributed by atoms with Gasteiger partial charge in [-0.15, -0.1) is 0 Å². The molecule has 4 nitrogen and oxygen atoms in total. The van der Waals surface area contributed by atoms with E-state index in [4.69, 9.17) is 4.74 Å². The van der Waals surface area contributed by atoms with E-state index in [0.29, 0.717) is 25.4 Å². The van der Waals surface area contributed by atoms with Crippen LogP contribution in [0.5, 0.6) is 0 Å². The third kappa shape index (κ3) is 6.57. The van der Waals surface area contributed by atoms with Crippen LogP contribution in [0.15, 0.2) is 12.4 Å². The Morgan fingerprint density at radius 2 is 2.11 bits per heavy atom. The summed E-state index contributed by atoms with van der Waals surface area (Å²) >= 11 is 0. The van der Waals surface area contributed by atoms with E-state index < -0.39 is 0 Å². The average Bonchev–Trinajstić information content (AvgIpc) is 2.38. The Hall–Kier alpha value is -1.10. The maximum absolute atomic E-state index is 12.1. The lowest BCUT2D eigenvalue weighted by Gasteiger charge is -2.27. The van der Waals surface area contributed by atoms with Gasteiger partial charge in [-0.2, -0.15) is 0 Å². The summed E-state index contributed by atoms with van der Waals surface area (Å²) in [4.78, 5) is 11.3. The van der Waals surface area contributed by atoms with Crippen molar-refractivity contribution in [1.82, 2.24) is 10.6 Å². The molecular formula is C14H25FN2O2. The first-order valence-electron chi connectivity index (χ1n) is 7.08. The van der Waals surface area contributed by atoms with Crippen LogP contribution in [0.1, 0.15) is 39.5 Å². The molecule has 0 spiro atoms. The monoisotopic (exact) mass is 272 g/mol. The van der Waals surface area contributed by atoms with Crippen LogP contribution in [0.2, 0.25) is 0 Å². The molecule has 5 heteroatoms. The minimum Gasteiger partial charge on any atom is -0.376 e. The van der Waals surface area contributed by atoms with Crippen LogP contribution >= 0.6 is 0 Å². The molecule has 1 aliphatic rings. The standard InChI is InChI=1S/C14H25FN2O2/c1-3-16-14(18)17-11(2)10-19-13-6-4-12(5-7-13)8-9-15/h8-9,11-13H,3-7,10H2,1-2H3,(H2,16,17,18)/b9-8-. The molecule has 0 saturated heterocycles. The van der Waals surface area contributed by atoms with Gasteiger partial charge in [-0.05, 0) is 45.4 Å². The topological polar surface area (TPSA) is 50.4 Å². The van der Waals surface area contributed by atoms with E-state index in [1.54, 1.807) is 6.08 Å². The highest BCUT2D eigenvalue weighted by atomic mass is 19.1. The van der Waals surface area contributed by atoms with Gasteiger partial charge in [0.1, 0.15) is 0 Å². The molecule has 0 bridgehead atoms. The quantitative estimate of drug-likeness (QED) is 0.781. The number of urea groups is 1. The summed E-state index contributed by atoms with van der Waals surface area (Å²) in [5.74, 6) is 0.357. The molecule has 1 rings (SSSR count). The molecule has 0 heterocycles. The zero-order chi connectivity index (χ0) is 14.1. The van der Waals surface area contributed by atoms with Gasteiger partial charge < -0.3 is 15.4 Å². The van der Waals surface area contributed by atoms with E-state index in [1.165, 1.54) is 0 Å². The molecule has 1 fully saturated rings. The summed E-state index contributed by atoms with van der Waals surface area (Å²) < 4.78 is 17.8. The highest BCUT2D eigenvalue weighted by Crippen LogP contribution is 2.27. The number of hydrogen-bond donors (Lipinski definition) is 2.